The SMILES string of the molecule is COc1cc(C(C)OC(=O)Oc2ccc([N+](=O)[O-])cc2)c([N+](=O)[O-])cc1OCCCNC(=O)C(CS(=O)(=O)O)NC(=O)CCC1=[N+]2C(=Cc3c(CCC[N+](C)(C)C)cc(C)n3[B-]2(F)F)C(C)=C1. The van der Waals surface area contributed by atoms with Gasteiger partial charge >= 0.3 is 13.1 Å². The summed E-state index contributed by atoms with van der Waals surface area (Å²) in [5.74, 6) is -3.20. The molecule has 0 aliphatic carbocycles. The molecule has 2 aromatic carbocycles. The van der Waals surface area contributed by atoms with Gasteiger partial charge in [0.1, 0.15) is 29.4 Å². The van der Waals surface area contributed by atoms with Crippen molar-refractivity contribution in [3.05, 3.63) is 103 Å². The van der Waals surface area contributed by atoms with Crippen LogP contribution in [0.1, 0.15) is 68.1 Å². The summed E-state index contributed by atoms with van der Waals surface area (Å²) in [5, 5.41) is 27.6. The number of amides is 2. The number of halogens is 2. The number of aryl methyl sites for hydroxylation is 2. The normalized spacial score (nSPS) is 15.0. The van der Waals surface area contributed by atoms with Crippen molar-refractivity contribution >= 4 is 58.2 Å². The molecule has 362 valence electrons. The van der Waals surface area contributed by atoms with Crippen molar-refractivity contribution in [3.8, 4) is 17.2 Å². The number of methoxy groups -OCH3 is 1. The average molecular weight is 961 g/mol. The van der Waals surface area contributed by atoms with E-state index in [2.05, 4.69) is 31.8 Å². The maximum absolute atomic E-state index is 16.4. The Morgan fingerprint density at radius 1 is 0.985 bits per heavy atom. The molecule has 1 aromatic heterocycles. The van der Waals surface area contributed by atoms with Gasteiger partial charge in [-0.15, -0.1) is 0 Å². The first-order valence-corrected chi connectivity index (χ1v) is 22.6. The van der Waals surface area contributed by atoms with E-state index in [1.54, 1.807) is 32.1 Å². The first-order valence-electron chi connectivity index (χ1n) is 21.0. The largest absolute Gasteiger partial charge is 0.737 e. The fourth-order valence-electron chi connectivity index (χ4n) is 7.76. The van der Waals surface area contributed by atoms with Crippen molar-refractivity contribution in [2.45, 2.75) is 65.0 Å². The maximum Gasteiger partial charge on any atom is 0.737 e. The lowest BCUT2D eigenvalue weighted by Crippen LogP contribution is -2.51. The Morgan fingerprint density at radius 3 is 2.28 bits per heavy atom. The van der Waals surface area contributed by atoms with Crippen molar-refractivity contribution in [2.24, 2.45) is 0 Å². The number of quaternary nitrogens is 1. The van der Waals surface area contributed by atoms with Crippen LogP contribution in [-0.4, -0.2) is 127 Å². The minimum absolute atomic E-state index is 0.00116. The molecule has 2 aliphatic heterocycles. The molecule has 0 radical (unpaired) electrons. The number of aromatic nitrogens is 1. The number of carbonyl (C=O) groups is 3. The van der Waals surface area contributed by atoms with Gasteiger partial charge in [-0.05, 0) is 69.1 Å². The van der Waals surface area contributed by atoms with Crippen LogP contribution in [0.3, 0.4) is 0 Å². The monoisotopic (exact) mass is 960 g/mol. The minimum Gasteiger partial charge on any atom is -0.493 e. The van der Waals surface area contributed by atoms with Gasteiger partial charge in [-0.2, -0.15) is 8.42 Å². The summed E-state index contributed by atoms with van der Waals surface area (Å²) >= 11 is 0. The number of nitro groups is 2. The molecule has 0 spiro atoms. The number of non-ortho nitro benzene ring substituents is 1. The first kappa shape index (κ1) is 51.3. The number of allylic oxidation sites excluding steroid dienone is 2. The second kappa shape index (κ2) is 20.8. The first-order chi connectivity index (χ1) is 31.3. The van der Waals surface area contributed by atoms with Crippen LogP contribution in [0.2, 0.25) is 0 Å². The van der Waals surface area contributed by atoms with Gasteiger partial charge in [-0.3, -0.25) is 34.4 Å². The highest BCUT2D eigenvalue weighted by atomic mass is 32.2. The van der Waals surface area contributed by atoms with Crippen LogP contribution in [0.15, 0.2) is 59.8 Å². The van der Waals surface area contributed by atoms with Crippen LogP contribution in [0.5, 0.6) is 17.2 Å². The van der Waals surface area contributed by atoms with Gasteiger partial charge in [0, 0.05) is 61.4 Å². The van der Waals surface area contributed by atoms with Gasteiger partial charge in [0.25, 0.3) is 21.5 Å². The van der Waals surface area contributed by atoms with Crippen LogP contribution in [0, 0.1) is 27.2 Å². The van der Waals surface area contributed by atoms with Gasteiger partial charge in [-0.1, -0.05) is 0 Å². The number of ether oxygens (including phenoxy) is 4. The number of nitro benzene ring substituents is 2. The Kier molecular flexibility index (Phi) is 15.9. The number of hydrogen-bond acceptors (Lipinski definition) is 13. The Labute approximate surface area is 384 Å². The van der Waals surface area contributed by atoms with Gasteiger partial charge in [0.15, 0.2) is 17.2 Å². The zero-order valence-corrected chi connectivity index (χ0v) is 38.8. The highest BCUT2D eigenvalue weighted by molar-refractivity contribution is 7.85. The van der Waals surface area contributed by atoms with E-state index in [9.17, 15) is 47.6 Å². The van der Waals surface area contributed by atoms with Crippen LogP contribution in [0.25, 0.3) is 6.08 Å². The van der Waals surface area contributed by atoms with Crippen LogP contribution in [-0.2, 0) is 30.9 Å². The smallest absolute Gasteiger partial charge is 0.493 e. The molecule has 2 aliphatic rings. The van der Waals surface area contributed by atoms with Crippen molar-refractivity contribution < 1.29 is 73.7 Å². The van der Waals surface area contributed by atoms with E-state index in [1.807, 2.05) is 0 Å². The molecule has 2 atom stereocenters. The molecule has 5 rings (SSSR count). The number of hydrogen-bond donors (Lipinski definition) is 3. The molecule has 67 heavy (non-hydrogen) atoms. The van der Waals surface area contributed by atoms with Crippen molar-refractivity contribution in [3.63, 3.8) is 0 Å². The molecule has 3 heterocycles. The Hall–Kier alpha value is -6.73. The molecule has 0 bridgehead atoms. The van der Waals surface area contributed by atoms with E-state index < -0.39 is 74.9 Å². The Morgan fingerprint density at radius 2 is 1.67 bits per heavy atom. The summed E-state index contributed by atoms with van der Waals surface area (Å²) in [4.78, 5) is 60.3. The summed E-state index contributed by atoms with van der Waals surface area (Å²) in [7, 11) is 2.64. The lowest BCUT2D eigenvalue weighted by Gasteiger charge is -2.31. The fraction of sp³-hybridized carbons (Fsp3) is 0.429. The van der Waals surface area contributed by atoms with E-state index in [4.69, 9.17) is 18.9 Å². The quantitative estimate of drug-likeness (QED) is 0.0170. The Balaban J connectivity index is 1.17. The standard InChI is InChI=1S/C42H52BF2N7O14S/c1-26-20-31(49-35(26)23-36-29(10-8-18-52(4,5)6)21-27(2)48(36)43(49,44)45)13-16-40(53)47-34(25-67(60,61)62)41(54)46-17-9-19-64-39-24-37(51(58)59)33(22-38(39)63-7)28(3)65-42(55)66-32-14-11-30(12-15-32)50(56)57/h11-12,14-15,20-24,28,34H,8-10,13,16-19,25H2,1-7H3,(H2-,46,47,53,54,60,61,62)/p+1. The summed E-state index contributed by atoms with van der Waals surface area (Å²) in [5.41, 5.74) is 1.82. The van der Waals surface area contributed by atoms with Gasteiger partial charge in [0.2, 0.25) is 11.8 Å². The third-order valence-electron chi connectivity index (χ3n) is 10.9. The zero-order valence-electron chi connectivity index (χ0n) is 37.9. The highest BCUT2D eigenvalue weighted by Gasteiger charge is 2.53. The zero-order chi connectivity index (χ0) is 49.6. The molecular formula is C42H53BF2N7O14S+. The highest BCUT2D eigenvalue weighted by Crippen LogP contribution is 2.40. The van der Waals surface area contributed by atoms with Crippen molar-refractivity contribution in [1.29, 1.82) is 0 Å². The molecule has 2 unspecified atom stereocenters. The number of benzene rings is 2. The van der Waals surface area contributed by atoms with Crippen molar-refractivity contribution in [2.75, 3.05) is 53.7 Å². The predicted molar refractivity (Wildman–Crippen MR) is 240 cm³/mol. The lowest BCUT2D eigenvalue weighted by molar-refractivity contribution is -0.870. The van der Waals surface area contributed by atoms with Crippen LogP contribution >= 0.6 is 0 Å². The summed E-state index contributed by atoms with van der Waals surface area (Å²) in [6.45, 7) is 0.813. The topological polar surface area (TPSA) is 261 Å². The maximum atomic E-state index is 16.4. The number of nitrogens with one attached hydrogen (secondary N) is 2. The second-order valence-corrected chi connectivity index (χ2v) is 18.5. The third-order valence-corrected chi connectivity index (χ3v) is 11.6. The molecule has 21 nitrogen and oxygen atoms in total. The van der Waals surface area contributed by atoms with Gasteiger partial charge < -0.3 is 51.7 Å². The van der Waals surface area contributed by atoms with E-state index >= 15 is 8.63 Å². The van der Waals surface area contributed by atoms with Gasteiger partial charge in [0.05, 0.1) is 62.9 Å². The van der Waals surface area contributed by atoms with Crippen molar-refractivity contribution in [1.82, 2.24) is 15.1 Å². The molecular weight excluding hydrogens is 907 g/mol. The van der Waals surface area contributed by atoms with Crippen LogP contribution < -0.4 is 24.8 Å². The predicted octanol–water partition coefficient (Wildman–Crippen LogP) is 5.27. The molecule has 2 amide bonds. The molecule has 25 heteroatoms. The summed E-state index contributed by atoms with van der Waals surface area (Å²) in [6.07, 6.45) is 1.66. The van der Waals surface area contributed by atoms with E-state index in [-0.39, 0.29) is 60.2 Å². The second-order valence-electron chi connectivity index (χ2n) is 17.0. The van der Waals surface area contributed by atoms with E-state index in [0.29, 0.717) is 29.1 Å². The number of rotatable bonds is 22. The van der Waals surface area contributed by atoms with E-state index in [1.165, 1.54) is 32.2 Å². The van der Waals surface area contributed by atoms with E-state index in [0.717, 1.165) is 50.2 Å². The summed E-state index contributed by atoms with van der Waals surface area (Å²) in [6, 6.07) is 6.79. The molecule has 3 aromatic rings. The number of nitrogens with zero attached hydrogens (tertiary/aromatic N) is 5. The minimum atomic E-state index is -4.81. The molecule has 0 fully saturated rings. The molecule has 3 N–H and O–H groups in total. The number of fused-ring (bicyclic) bond motifs is 2. The number of carbonyl (C=O) groups excluding carboxylic acids is 3. The molecule has 0 saturated heterocycles. The summed E-state index contributed by atoms with van der Waals surface area (Å²) < 4.78 is 90.2. The average Bonchev–Trinajstić information content (AvgIpc) is 3.73. The third kappa shape index (κ3) is 13.0. The van der Waals surface area contributed by atoms with Gasteiger partial charge in [-0.25, -0.2) is 4.79 Å². The fourth-order valence-corrected chi connectivity index (χ4v) is 8.42. The molecule has 0 saturated carbocycles. The lowest BCUT2D eigenvalue weighted by atomic mass is 9.89. The van der Waals surface area contributed by atoms with Crippen LogP contribution in [0.4, 0.5) is 24.8 Å². The Bertz CT molecular complexity index is 2650.